The number of furan rings is 1. The summed E-state index contributed by atoms with van der Waals surface area (Å²) in [7, 11) is 2.74. The number of nitrogens with one attached hydrogen (secondary N) is 1. The standard InChI is InChI=1S/C26H24N2O7/c1-4-33-20-7-5-6-19(14-20)28-25(29)18(15-27)12-17-8-10-22(24(13-17)31-2)34-16-21-9-11-23(35-21)26(30)32-3/h5-14H,4,16H2,1-3H3,(H,28,29). The molecule has 0 spiro atoms. The summed E-state index contributed by atoms with van der Waals surface area (Å²) >= 11 is 0. The predicted molar refractivity (Wildman–Crippen MR) is 127 cm³/mol. The van der Waals surface area contributed by atoms with Crippen LogP contribution in [0, 0.1) is 11.3 Å². The fourth-order valence-electron chi connectivity index (χ4n) is 3.05. The van der Waals surface area contributed by atoms with Gasteiger partial charge in [-0.3, -0.25) is 4.79 Å². The number of nitriles is 1. The van der Waals surface area contributed by atoms with Gasteiger partial charge in [-0.15, -0.1) is 0 Å². The van der Waals surface area contributed by atoms with Crippen molar-refractivity contribution >= 4 is 23.6 Å². The fourth-order valence-corrected chi connectivity index (χ4v) is 3.05. The van der Waals surface area contributed by atoms with E-state index in [1.165, 1.54) is 26.4 Å². The first-order chi connectivity index (χ1) is 17.0. The molecule has 180 valence electrons. The number of hydrogen-bond donors (Lipinski definition) is 1. The van der Waals surface area contributed by atoms with Gasteiger partial charge in [0.15, 0.2) is 11.5 Å². The third kappa shape index (κ3) is 6.65. The number of esters is 1. The molecule has 0 aliphatic heterocycles. The summed E-state index contributed by atoms with van der Waals surface area (Å²) in [6.45, 7) is 2.41. The average Bonchev–Trinajstić information content (AvgIpc) is 3.35. The number of carbonyl (C=O) groups excluding carboxylic acids is 2. The van der Waals surface area contributed by atoms with Gasteiger partial charge in [0, 0.05) is 11.8 Å². The molecule has 0 saturated heterocycles. The van der Waals surface area contributed by atoms with Crippen LogP contribution in [0.4, 0.5) is 5.69 Å². The van der Waals surface area contributed by atoms with Gasteiger partial charge in [0.1, 0.15) is 29.8 Å². The zero-order valence-electron chi connectivity index (χ0n) is 19.5. The van der Waals surface area contributed by atoms with E-state index in [4.69, 9.17) is 18.6 Å². The van der Waals surface area contributed by atoms with E-state index in [9.17, 15) is 14.9 Å². The molecule has 0 bridgehead atoms. The molecule has 1 heterocycles. The number of carbonyl (C=O) groups is 2. The van der Waals surface area contributed by atoms with Crippen LogP contribution in [0.3, 0.4) is 0 Å². The molecule has 0 radical (unpaired) electrons. The molecular formula is C26H24N2O7. The molecule has 3 aromatic rings. The topological polar surface area (TPSA) is 120 Å². The average molecular weight is 476 g/mol. The van der Waals surface area contributed by atoms with Gasteiger partial charge in [0.05, 0.1) is 20.8 Å². The molecule has 0 atom stereocenters. The first-order valence-corrected chi connectivity index (χ1v) is 10.6. The number of benzene rings is 2. The third-order valence-electron chi connectivity index (χ3n) is 4.68. The van der Waals surface area contributed by atoms with Crippen LogP contribution in [-0.4, -0.2) is 32.7 Å². The Morgan fingerprint density at radius 3 is 2.60 bits per heavy atom. The van der Waals surface area contributed by atoms with Crippen molar-refractivity contribution in [1.82, 2.24) is 0 Å². The van der Waals surface area contributed by atoms with Crippen LogP contribution >= 0.6 is 0 Å². The van der Waals surface area contributed by atoms with Crippen molar-refractivity contribution in [2.75, 3.05) is 26.1 Å². The zero-order valence-corrected chi connectivity index (χ0v) is 19.5. The van der Waals surface area contributed by atoms with Gasteiger partial charge in [-0.2, -0.15) is 5.26 Å². The summed E-state index contributed by atoms with van der Waals surface area (Å²) in [6, 6.07) is 16.9. The number of anilines is 1. The second-order valence-electron chi connectivity index (χ2n) is 7.04. The van der Waals surface area contributed by atoms with Crippen molar-refractivity contribution in [1.29, 1.82) is 5.26 Å². The SMILES string of the molecule is CCOc1cccc(NC(=O)C(C#N)=Cc2ccc(OCc3ccc(C(=O)OC)o3)c(OC)c2)c1. The Morgan fingerprint density at radius 1 is 1.06 bits per heavy atom. The van der Waals surface area contributed by atoms with Crippen LogP contribution in [0.25, 0.3) is 6.08 Å². The monoisotopic (exact) mass is 476 g/mol. The first-order valence-electron chi connectivity index (χ1n) is 10.6. The molecule has 1 N–H and O–H groups in total. The molecule has 9 heteroatoms. The maximum atomic E-state index is 12.6. The smallest absolute Gasteiger partial charge is 0.373 e. The van der Waals surface area contributed by atoms with E-state index < -0.39 is 11.9 Å². The minimum atomic E-state index is -0.579. The highest BCUT2D eigenvalue weighted by molar-refractivity contribution is 6.09. The van der Waals surface area contributed by atoms with Gasteiger partial charge >= 0.3 is 5.97 Å². The highest BCUT2D eigenvalue weighted by atomic mass is 16.5. The first kappa shape index (κ1) is 24.9. The van der Waals surface area contributed by atoms with Crippen LogP contribution in [-0.2, 0) is 16.1 Å². The van der Waals surface area contributed by atoms with Crippen molar-refractivity contribution in [3.8, 4) is 23.3 Å². The van der Waals surface area contributed by atoms with E-state index >= 15 is 0 Å². The highest BCUT2D eigenvalue weighted by Gasteiger charge is 2.14. The molecule has 2 aromatic carbocycles. The quantitative estimate of drug-likeness (QED) is 0.256. The van der Waals surface area contributed by atoms with E-state index in [1.807, 2.05) is 13.0 Å². The fraction of sp³-hybridized carbons (Fsp3) is 0.192. The number of ether oxygens (including phenoxy) is 4. The minimum Gasteiger partial charge on any atom is -0.494 e. The van der Waals surface area contributed by atoms with Crippen molar-refractivity contribution in [3.63, 3.8) is 0 Å². The van der Waals surface area contributed by atoms with Crippen LogP contribution in [0.2, 0.25) is 0 Å². The Labute approximate surface area is 202 Å². The lowest BCUT2D eigenvalue weighted by Gasteiger charge is -2.11. The molecule has 0 fully saturated rings. The number of methoxy groups -OCH3 is 2. The van der Waals surface area contributed by atoms with Gasteiger partial charge in [-0.1, -0.05) is 12.1 Å². The Kier molecular flexibility index (Phi) is 8.51. The molecule has 35 heavy (non-hydrogen) atoms. The van der Waals surface area contributed by atoms with Crippen molar-refractivity contribution < 1.29 is 33.0 Å². The Hall–Kier alpha value is -4.71. The molecule has 3 rings (SSSR count). The predicted octanol–water partition coefficient (Wildman–Crippen LogP) is 4.60. The van der Waals surface area contributed by atoms with Crippen LogP contribution in [0.15, 0.2) is 64.6 Å². The molecule has 0 saturated carbocycles. The van der Waals surface area contributed by atoms with Gasteiger partial charge in [0.2, 0.25) is 5.76 Å². The van der Waals surface area contributed by atoms with Gasteiger partial charge in [-0.25, -0.2) is 4.79 Å². The maximum absolute atomic E-state index is 12.6. The normalized spacial score (nSPS) is 10.7. The molecular weight excluding hydrogens is 452 g/mol. The Morgan fingerprint density at radius 2 is 1.89 bits per heavy atom. The van der Waals surface area contributed by atoms with Crippen molar-refractivity contribution in [2.24, 2.45) is 0 Å². The number of amides is 1. The van der Waals surface area contributed by atoms with Crippen LogP contribution in [0.1, 0.15) is 28.8 Å². The summed E-state index contributed by atoms with van der Waals surface area (Å²) in [5.41, 5.74) is 0.986. The van der Waals surface area contributed by atoms with Gasteiger partial charge in [0.25, 0.3) is 5.91 Å². The third-order valence-corrected chi connectivity index (χ3v) is 4.68. The van der Waals surface area contributed by atoms with Crippen LogP contribution in [0.5, 0.6) is 17.2 Å². The lowest BCUT2D eigenvalue weighted by molar-refractivity contribution is -0.112. The van der Waals surface area contributed by atoms with Crippen molar-refractivity contribution in [2.45, 2.75) is 13.5 Å². The van der Waals surface area contributed by atoms with E-state index in [-0.39, 0.29) is 17.9 Å². The Bertz CT molecular complexity index is 1270. The molecule has 1 aromatic heterocycles. The lowest BCUT2D eigenvalue weighted by Crippen LogP contribution is -2.13. The summed E-state index contributed by atoms with van der Waals surface area (Å²) in [6.07, 6.45) is 1.45. The van der Waals surface area contributed by atoms with Gasteiger partial charge < -0.3 is 28.7 Å². The molecule has 0 aliphatic carbocycles. The summed E-state index contributed by atoms with van der Waals surface area (Å²) in [4.78, 5) is 24.1. The van der Waals surface area contributed by atoms with E-state index in [0.29, 0.717) is 40.9 Å². The molecule has 1 amide bonds. The Balaban J connectivity index is 1.71. The molecule has 0 unspecified atom stereocenters. The minimum absolute atomic E-state index is 0.0508. The maximum Gasteiger partial charge on any atom is 0.373 e. The lowest BCUT2D eigenvalue weighted by atomic mass is 10.1. The highest BCUT2D eigenvalue weighted by Crippen LogP contribution is 2.30. The second kappa shape index (κ2) is 12.0. The van der Waals surface area contributed by atoms with Gasteiger partial charge in [-0.05, 0) is 55.0 Å². The van der Waals surface area contributed by atoms with E-state index in [0.717, 1.165) is 0 Å². The second-order valence-corrected chi connectivity index (χ2v) is 7.04. The number of rotatable bonds is 10. The number of nitrogens with zero attached hydrogens (tertiary/aromatic N) is 1. The van der Waals surface area contributed by atoms with Crippen molar-refractivity contribution in [3.05, 3.63) is 77.3 Å². The zero-order chi connectivity index (χ0) is 25.2. The van der Waals surface area contributed by atoms with E-state index in [2.05, 4.69) is 10.1 Å². The molecule has 0 aliphatic rings. The summed E-state index contributed by atoms with van der Waals surface area (Å²) < 4.78 is 26.5. The number of hydrogen-bond acceptors (Lipinski definition) is 8. The largest absolute Gasteiger partial charge is 0.494 e. The molecule has 9 nitrogen and oxygen atoms in total. The summed E-state index contributed by atoms with van der Waals surface area (Å²) in [5.74, 6) is 0.781. The summed E-state index contributed by atoms with van der Waals surface area (Å²) in [5, 5.41) is 12.2. The van der Waals surface area contributed by atoms with E-state index in [1.54, 1.807) is 48.5 Å². The van der Waals surface area contributed by atoms with Crippen LogP contribution < -0.4 is 19.5 Å².